The third-order valence-corrected chi connectivity index (χ3v) is 3.60. The van der Waals surface area contributed by atoms with Crippen LogP contribution in [0.2, 0.25) is 0 Å². The van der Waals surface area contributed by atoms with Gasteiger partial charge in [0.05, 0.1) is 0 Å². The fourth-order valence-corrected chi connectivity index (χ4v) is 2.49. The van der Waals surface area contributed by atoms with Crippen LogP contribution in [0.4, 0.5) is 17.6 Å². The number of anilines is 3. The summed E-state index contributed by atoms with van der Waals surface area (Å²) in [5.74, 6) is 1.72. The number of unbranched alkanes of at least 4 members (excludes halogenated alkanes) is 1. The van der Waals surface area contributed by atoms with E-state index in [1.807, 2.05) is 31.2 Å². The Labute approximate surface area is 123 Å². The van der Waals surface area contributed by atoms with Gasteiger partial charge in [-0.05, 0) is 25.5 Å². The number of benzene rings is 1. The Morgan fingerprint density at radius 3 is 2.60 bits per heavy atom. The summed E-state index contributed by atoms with van der Waals surface area (Å²) in [7, 11) is 0. The Morgan fingerprint density at radius 1 is 1.15 bits per heavy atom. The average molecular weight is 289 g/mol. The summed E-state index contributed by atoms with van der Waals surface area (Å²) < 4.78 is 0. The zero-order chi connectivity index (χ0) is 14.4. The van der Waals surface area contributed by atoms with Gasteiger partial charge in [-0.25, -0.2) is 0 Å². The molecule has 0 aliphatic heterocycles. The minimum Gasteiger partial charge on any atom is -0.368 e. The summed E-state index contributed by atoms with van der Waals surface area (Å²) in [5.41, 5.74) is 7.87. The van der Waals surface area contributed by atoms with E-state index in [0.717, 1.165) is 24.3 Å². The molecule has 0 saturated carbocycles. The van der Waals surface area contributed by atoms with Crippen molar-refractivity contribution < 1.29 is 0 Å². The molecule has 0 radical (unpaired) electrons. The molecule has 0 bridgehead atoms. The van der Waals surface area contributed by atoms with Crippen LogP contribution in [-0.2, 0) is 0 Å². The zero-order valence-electron chi connectivity index (χ0n) is 11.8. The lowest BCUT2D eigenvalue weighted by molar-refractivity contribution is 0.883. The van der Waals surface area contributed by atoms with Gasteiger partial charge in [-0.1, -0.05) is 42.8 Å². The Bertz CT molecular complexity index is 556. The molecule has 106 valence electrons. The van der Waals surface area contributed by atoms with Crippen molar-refractivity contribution >= 4 is 29.3 Å². The van der Waals surface area contributed by atoms with Crippen molar-refractivity contribution in [1.82, 2.24) is 15.0 Å². The summed E-state index contributed by atoms with van der Waals surface area (Å²) in [5, 5.41) is 3.81. The summed E-state index contributed by atoms with van der Waals surface area (Å²) in [6.45, 7) is 4.21. The fraction of sp³-hybridized carbons (Fsp3) is 0.357. The number of thioether (sulfide) groups is 1. The van der Waals surface area contributed by atoms with Crippen LogP contribution in [0.15, 0.2) is 29.4 Å². The lowest BCUT2D eigenvalue weighted by Gasteiger charge is -2.07. The Balaban J connectivity index is 2.09. The van der Waals surface area contributed by atoms with Crippen molar-refractivity contribution in [3.8, 4) is 0 Å². The fourth-order valence-electron chi connectivity index (χ4n) is 1.57. The van der Waals surface area contributed by atoms with Gasteiger partial charge >= 0.3 is 0 Å². The highest BCUT2D eigenvalue weighted by Gasteiger charge is 2.05. The van der Waals surface area contributed by atoms with E-state index in [4.69, 9.17) is 5.73 Å². The van der Waals surface area contributed by atoms with E-state index in [-0.39, 0.29) is 5.95 Å². The molecule has 0 unspecified atom stereocenters. The molecule has 0 aliphatic carbocycles. The van der Waals surface area contributed by atoms with Gasteiger partial charge in [-0.15, -0.1) is 0 Å². The molecule has 0 atom stereocenters. The quantitative estimate of drug-likeness (QED) is 0.627. The van der Waals surface area contributed by atoms with E-state index in [1.54, 1.807) is 11.8 Å². The molecule has 2 aromatic rings. The second kappa shape index (κ2) is 7.09. The summed E-state index contributed by atoms with van der Waals surface area (Å²) in [6, 6.07) is 8.03. The highest BCUT2D eigenvalue weighted by molar-refractivity contribution is 7.99. The van der Waals surface area contributed by atoms with Crippen LogP contribution >= 0.6 is 11.8 Å². The Morgan fingerprint density at radius 2 is 1.90 bits per heavy atom. The van der Waals surface area contributed by atoms with Gasteiger partial charge in [-0.3, -0.25) is 0 Å². The number of nitrogens with one attached hydrogen (secondary N) is 1. The van der Waals surface area contributed by atoms with Crippen molar-refractivity contribution in [2.45, 2.75) is 31.8 Å². The first-order valence-electron chi connectivity index (χ1n) is 6.65. The van der Waals surface area contributed by atoms with Crippen LogP contribution < -0.4 is 11.1 Å². The van der Waals surface area contributed by atoms with Gasteiger partial charge in [0, 0.05) is 11.4 Å². The van der Waals surface area contributed by atoms with Gasteiger partial charge in [0.2, 0.25) is 11.9 Å². The number of nitrogens with zero attached hydrogens (tertiary/aromatic N) is 3. The maximum Gasteiger partial charge on any atom is 0.233 e. The molecule has 0 amide bonds. The molecular formula is C14H19N5S. The predicted molar refractivity (Wildman–Crippen MR) is 84.3 cm³/mol. The molecule has 2 rings (SSSR count). The van der Waals surface area contributed by atoms with Crippen molar-refractivity contribution in [3.63, 3.8) is 0 Å². The summed E-state index contributed by atoms with van der Waals surface area (Å²) in [6.07, 6.45) is 2.29. The monoisotopic (exact) mass is 289 g/mol. The molecule has 0 aliphatic rings. The standard InChI is InChI=1S/C14H19N5S/c1-3-4-9-20-14-18-12(15)17-13(19-14)16-11-7-5-10(2)6-8-11/h5-8H,3-4,9H2,1-2H3,(H3,15,16,17,18,19). The first kappa shape index (κ1) is 14.6. The molecule has 1 aromatic carbocycles. The first-order chi connectivity index (χ1) is 9.67. The van der Waals surface area contributed by atoms with Crippen molar-refractivity contribution in [2.75, 3.05) is 16.8 Å². The largest absolute Gasteiger partial charge is 0.368 e. The molecule has 6 heteroatoms. The minimum atomic E-state index is 0.244. The van der Waals surface area contributed by atoms with Crippen LogP contribution in [-0.4, -0.2) is 20.7 Å². The normalized spacial score (nSPS) is 10.5. The van der Waals surface area contributed by atoms with Crippen LogP contribution in [0.3, 0.4) is 0 Å². The van der Waals surface area contributed by atoms with E-state index >= 15 is 0 Å². The molecule has 20 heavy (non-hydrogen) atoms. The summed E-state index contributed by atoms with van der Waals surface area (Å²) >= 11 is 1.60. The first-order valence-corrected chi connectivity index (χ1v) is 7.64. The molecule has 1 heterocycles. The number of nitrogens with two attached hydrogens (primary N) is 1. The van der Waals surface area contributed by atoms with Crippen molar-refractivity contribution in [1.29, 1.82) is 0 Å². The van der Waals surface area contributed by atoms with Gasteiger partial charge in [0.15, 0.2) is 5.16 Å². The second-order valence-electron chi connectivity index (χ2n) is 4.49. The van der Waals surface area contributed by atoms with E-state index < -0.39 is 0 Å². The topological polar surface area (TPSA) is 76.7 Å². The third kappa shape index (κ3) is 4.38. The van der Waals surface area contributed by atoms with Gasteiger partial charge in [0.25, 0.3) is 0 Å². The number of aromatic nitrogens is 3. The maximum absolute atomic E-state index is 5.73. The second-order valence-corrected chi connectivity index (χ2v) is 5.55. The Hall–Kier alpha value is -1.82. The number of aryl methyl sites for hydroxylation is 1. The van der Waals surface area contributed by atoms with Gasteiger partial charge < -0.3 is 11.1 Å². The number of rotatable bonds is 6. The van der Waals surface area contributed by atoms with E-state index in [1.165, 1.54) is 5.56 Å². The lowest BCUT2D eigenvalue weighted by Crippen LogP contribution is -2.04. The highest BCUT2D eigenvalue weighted by Crippen LogP contribution is 2.19. The summed E-state index contributed by atoms with van der Waals surface area (Å²) in [4.78, 5) is 12.6. The van der Waals surface area contributed by atoms with Crippen LogP contribution in [0, 0.1) is 6.92 Å². The van der Waals surface area contributed by atoms with E-state index in [0.29, 0.717) is 11.1 Å². The zero-order valence-corrected chi connectivity index (χ0v) is 12.6. The number of hydrogen-bond acceptors (Lipinski definition) is 6. The van der Waals surface area contributed by atoms with Crippen molar-refractivity contribution in [2.24, 2.45) is 0 Å². The maximum atomic E-state index is 5.73. The number of nitrogen functional groups attached to an aromatic ring is 1. The van der Waals surface area contributed by atoms with Crippen molar-refractivity contribution in [3.05, 3.63) is 29.8 Å². The SMILES string of the molecule is CCCCSc1nc(N)nc(Nc2ccc(C)cc2)n1. The lowest BCUT2D eigenvalue weighted by atomic mass is 10.2. The minimum absolute atomic E-state index is 0.244. The average Bonchev–Trinajstić information content (AvgIpc) is 2.41. The molecular weight excluding hydrogens is 270 g/mol. The molecule has 0 spiro atoms. The molecule has 0 saturated heterocycles. The molecule has 3 N–H and O–H groups in total. The molecule has 0 fully saturated rings. The smallest absolute Gasteiger partial charge is 0.233 e. The molecule has 5 nitrogen and oxygen atoms in total. The molecule has 1 aromatic heterocycles. The van der Waals surface area contributed by atoms with Crippen LogP contribution in [0.25, 0.3) is 0 Å². The van der Waals surface area contributed by atoms with Crippen LogP contribution in [0.5, 0.6) is 0 Å². The highest BCUT2D eigenvalue weighted by atomic mass is 32.2. The Kier molecular flexibility index (Phi) is 5.17. The number of hydrogen-bond donors (Lipinski definition) is 2. The van der Waals surface area contributed by atoms with E-state index in [2.05, 4.69) is 27.2 Å². The van der Waals surface area contributed by atoms with Gasteiger partial charge in [-0.2, -0.15) is 15.0 Å². The van der Waals surface area contributed by atoms with Gasteiger partial charge in [0.1, 0.15) is 0 Å². The third-order valence-electron chi connectivity index (χ3n) is 2.67. The predicted octanol–water partition coefficient (Wildman–Crippen LogP) is 3.40. The van der Waals surface area contributed by atoms with Crippen LogP contribution in [0.1, 0.15) is 25.3 Å². The van der Waals surface area contributed by atoms with E-state index in [9.17, 15) is 0 Å².